The van der Waals surface area contributed by atoms with Crippen LogP contribution in [0, 0.1) is 23.2 Å². The number of amides is 4. The number of carboxylic acid groups (broad SMARTS) is 2. The van der Waals surface area contributed by atoms with E-state index in [2.05, 4.69) is 40.1 Å². The van der Waals surface area contributed by atoms with Crippen molar-refractivity contribution in [2.24, 2.45) is 16.2 Å². The van der Waals surface area contributed by atoms with Gasteiger partial charge >= 0.3 is 17.9 Å². The standard InChI is InChI=1S/C73H88N10O20S/c1-41-47(45-16-17-53(78-58(45)64(95)96)81-23-20-43-10-8-11-46(48(43)28-81)63(94)79-68-77-49-12-4-5-13-52(49)104-68)27-76-83(41)37-71-32-69(2)31-70(3,33-71)35-73(34-69,36-71)101-24-22-74-50(26-54(87)80-72(38-84,39-85)40-86)66(99)100-30-44-15-14-42(9-6-7-21-75-55(88)29-82-56(89)18-19-57(82)90)25-51(44)102-67-61(93)59(91)60(92)62(103-67)65(97)98/h4-5,8,10-19,25,27,50,54,59-62,67,74,80,84-87,91-93H,6-7,9,20-24,26,28-40H2,1-3H3,(H,75,88)(H,95,96)(H,97,98)(H,77,79,94)/t50?,54?,59-,60-,61+,62-,67+,69?,70?,71?,73?/m0/s1. The number of aliphatic carboxylic acids is 1. The van der Waals surface area contributed by atoms with E-state index in [9.17, 15) is 79.5 Å². The highest BCUT2D eigenvalue weighted by Gasteiger charge is 2.66. The van der Waals surface area contributed by atoms with E-state index in [1.54, 1.807) is 24.4 Å². The molecule has 31 heteroatoms. The molecule has 13 rings (SSSR count). The van der Waals surface area contributed by atoms with Gasteiger partial charge in [-0.3, -0.25) is 44.2 Å². The number of nitrogens with zero attached hydrogens (tertiary/aromatic N) is 6. The minimum atomic E-state index is -2.03. The number of benzene rings is 3. The summed E-state index contributed by atoms with van der Waals surface area (Å²) in [5.41, 5.74) is 2.65. The lowest BCUT2D eigenvalue weighted by Crippen LogP contribution is -2.64. The van der Waals surface area contributed by atoms with Crippen LogP contribution in [-0.4, -0.2) is 219 Å². The van der Waals surface area contributed by atoms with Gasteiger partial charge in [-0.2, -0.15) is 5.10 Å². The minimum Gasteiger partial charge on any atom is -0.479 e. The number of anilines is 2. The number of nitrogens with one attached hydrogen (secondary N) is 4. The number of esters is 1. The summed E-state index contributed by atoms with van der Waals surface area (Å²) in [6.07, 6.45) is -1.28. The number of aromatic carboxylic acids is 1. The van der Waals surface area contributed by atoms with Crippen LogP contribution in [0.15, 0.2) is 91.1 Å². The Labute approximate surface area is 602 Å². The molecule has 0 radical (unpaired) electrons. The number of aliphatic hydroxyl groups is 7. The van der Waals surface area contributed by atoms with Gasteiger partial charge in [0.05, 0.1) is 54.0 Å². The van der Waals surface area contributed by atoms with Crippen molar-refractivity contribution < 1.29 is 98.5 Å². The van der Waals surface area contributed by atoms with Crippen LogP contribution in [-0.2, 0) is 70.7 Å². The Morgan fingerprint density at radius 2 is 1.57 bits per heavy atom. The van der Waals surface area contributed by atoms with Crippen LogP contribution >= 0.6 is 11.3 Å². The molecule has 0 spiro atoms. The predicted octanol–water partition coefficient (Wildman–Crippen LogP) is 2.86. The molecule has 4 aliphatic carbocycles. The average Bonchev–Trinajstić information content (AvgIpc) is 0.783. The quantitative estimate of drug-likeness (QED) is 0.0125. The second-order valence-corrected chi connectivity index (χ2v) is 30.4. The highest BCUT2D eigenvalue weighted by atomic mass is 32.1. The minimum absolute atomic E-state index is 0.0487. The molecule has 3 aliphatic heterocycles. The van der Waals surface area contributed by atoms with Crippen molar-refractivity contribution in [3.05, 3.63) is 130 Å². The summed E-state index contributed by atoms with van der Waals surface area (Å²) in [6.45, 7) is 4.89. The number of aliphatic hydroxyl groups excluding tert-OH is 7. The number of imide groups is 1. The summed E-state index contributed by atoms with van der Waals surface area (Å²) in [7, 11) is 0. The molecule has 4 amide bonds. The SMILES string of the molecule is Cc1c(-c2ccc(N3CCc4cccc(C(=O)Nc5nc6ccccc6s5)c4C3)nc2C(=O)O)cnn1CC12CC3(C)CC(C)(C1)CC(OCCNC(CC(O)NC(CO)(CO)CO)C(=O)OCc1ccc(CCCCNC(=O)CN4C(=O)C=CC4=O)cc1O[C@@H]1O[C@H](C(=O)O)[C@@H](O)[C@H](O)[C@H]1O)(C3)C2. The average molecular weight is 1460 g/mol. The lowest BCUT2D eigenvalue weighted by Gasteiger charge is -2.69. The molecule has 1 saturated heterocycles. The summed E-state index contributed by atoms with van der Waals surface area (Å²) in [4.78, 5) is 102. The van der Waals surface area contributed by atoms with Crippen molar-refractivity contribution >= 4 is 74.0 Å². The van der Waals surface area contributed by atoms with Crippen molar-refractivity contribution in [3.63, 3.8) is 0 Å². The second kappa shape index (κ2) is 30.8. The van der Waals surface area contributed by atoms with Gasteiger partial charge in [0.1, 0.15) is 55.3 Å². The molecule has 4 unspecified atom stereocenters. The summed E-state index contributed by atoms with van der Waals surface area (Å²) >= 11 is 1.39. The first-order chi connectivity index (χ1) is 49.6. The number of hydrogen-bond donors (Lipinski definition) is 13. The monoisotopic (exact) mass is 1460 g/mol. The summed E-state index contributed by atoms with van der Waals surface area (Å²) in [5, 5.41) is 111. The van der Waals surface area contributed by atoms with Crippen LogP contribution < -0.4 is 30.9 Å². The maximum atomic E-state index is 14.5. The molecule has 6 heterocycles. The van der Waals surface area contributed by atoms with Crippen molar-refractivity contribution in [3.8, 4) is 16.9 Å². The molecule has 4 bridgehead atoms. The third kappa shape index (κ3) is 16.2. The van der Waals surface area contributed by atoms with E-state index < -0.39 is 129 Å². The predicted molar refractivity (Wildman–Crippen MR) is 373 cm³/mol. The number of carboxylic acids is 2. The van der Waals surface area contributed by atoms with Crippen LogP contribution in [0.3, 0.4) is 0 Å². The van der Waals surface area contributed by atoms with Crippen molar-refractivity contribution in [2.75, 3.05) is 62.8 Å². The largest absolute Gasteiger partial charge is 0.479 e. The Bertz CT molecular complexity index is 4200. The zero-order valence-electron chi connectivity index (χ0n) is 57.9. The van der Waals surface area contributed by atoms with E-state index >= 15 is 0 Å². The molecular weight excluding hydrogens is 1370 g/mol. The summed E-state index contributed by atoms with van der Waals surface area (Å²) in [6, 6.07) is 20.3. The van der Waals surface area contributed by atoms with Crippen LogP contribution in [0.2, 0.25) is 0 Å². The third-order valence-electron chi connectivity index (χ3n) is 21.0. The number of fused-ring (bicyclic) bond motifs is 2. The first kappa shape index (κ1) is 75.0. The van der Waals surface area contributed by atoms with E-state index in [0.717, 1.165) is 76.2 Å². The summed E-state index contributed by atoms with van der Waals surface area (Å²) in [5.74, 6) is -5.41. The molecule has 6 aromatic rings. The van der Waals surface area contributed by atoms with Gasteiger partial charge < -0.3 is 80.4 Å². The number of unbranched alkanes of at least 4 members (excludes halogenated alkanes) is 1. The molecular formula is C73H88N10O20S. The van der Waals surface area contributed by atoms with Crippen LogP contribution in [0.25, 0.3) is 21.3 Å². The highest BCUT2D eigenvalue weighted by molar-refractivity contribution is 7.22. The molecule has 3 aromatic carbocycles. The molecule has 9 atom stereocenters. The summed E-state index contributed by atoms with van der Waals surface area (Å²) < 4.78 is 27.4. The Hall–Kier alpha value is -8.70. The zero-order valence-corrected chi connectivity index (χ0v) is 58.7. The third-order valence-corrected chi connectivity index (χ3v) is 21.9. The van der Waals surface area contributed by atoms with Crippen LogP contribution in [0.5, 0.6) is 5.75 Å². The lowest BCUT2D eigenvalue weighted by atomic mass is 9.39. The van der Waals surface area contributed by atoms with E-state index in [-0.39, 0.29) is 58.9 Å². The van der Waals surface area contributed by atoms with Gasteiger partial charge in [-0.1, -0.05) is 61.6 Å². The van der Waals surface area contributed by atoms with Gasteiger partial charge in [0.25, 0.3) is 17.7 Å². The Morgan fingerprint density at radius 3 is 2.28 bits per heavy atom. The number of aryl methyl sites for hydroxylation is 1. The molecule has 104 heavy (non-hydrogen) atoms. The number of thiazole rings is 1. The van der Waals surface area contributed by atoms with E-state index in [1.165, 1.54) is 23.5 Å². The zero-order chi connectivity index (χ0) is 74.0. The Balaban J connectivity index is 0.716. The number of rotatable bonds is 32. The number of hydrogen-bond acceptors (Lipinski definition) is 25. The topological polar surface area (TPSA) is 437 Å². The molecule has 7 aliphatic rings. The number of aromatic nitrogens is 4. The van der Waals surface area contributed by atoms with Crippen LogP contribution in [0.4, 0.5) is 10.9 Å². The van der Waals surface area contributed by atoms with E-state index in [0.29, 0.717) is 84.9 Å². The number of ether oxygens (including phenoxy) is 4. The smallest absolute Gasteiger partial charge is 0.355 e. The Morgan fingerprint density at radius 1 is 0.827 bits per heavy atom. The lowest BCUT2D eigenvalue weighted by molar-refractivity contribution is -0.271. The van der Waals surface area contributed by atoms with Gasteiger partial charge in [0.2, 0.25) is 12.2 Å². The van der Waals surface area contributed by atoms with Crippen molar-refractivity contribution in [1.29, 1.82) is 0 Å². The molecule has 556 valence electrons. The normalized spacial score (nSPS) is 25.5. The van der Waals surface area contributed by atoms with Crippen LogP contribution in [0.1, 0.15) is 120 Å². The molecule has 13 N–H and O–H groups in total. The van der Waals surface area contributed by atoms with Crippen molar-refractivity contribution in [1.82, 2.24) is 40.6 Å². The number of pyridine rings is 1. The van der Waals surface area contributed by atoms with Gasteiger partial charge in [0.15, 0.2) is 16.9 Å². The number of para-hydroxylation sites is 1. The maximum absolute atomic E-state index is 14.5. The molecule has 4 saturated carbocycles. The number of carbonyl (C=O) groups excluding carboxylic acids is 5. The van der Waals surface area contributed by atoms with Gasteiger partial charge in [0, 0.05) is 79.2 Å². The maximum Gasteiger partial charge on any atom is 0.355 e. The fraction of sp³-hybridized carbons (Fsp3) is 0.507. The first-order valence-corrected chi connectivity index (χ1v) is 35.6. The van der Waals surface area contributed by atoms with Gasteiger partial charge in [-0.25, -0.2) is 19.6 Å². The van der Waals surface area contributed by atoms with E-state index in [1.807, 2.05) is 59.0 Å². The second-order valence-electron chi connectivity index (χ2n) is 29.4. The molecule has 5 fully saturated rings. The van der Waals surface area contributed by atoms with Gasteiger partial charge in [-0.05, 0) is 140 Å². The Kier molecular flexibility index (Phi) is 22.2. The fourth-order valence-electron chi connectivity index (χ4n) is 17.1. The molecule has 30 nitrogen and oxygen atoms in total. The number of carbonyl (C=O) groups is 7. The van der Waals surface area contributed by atoms with Crippen molar-refractivity contribution in [2.45, 2.75) is 165 Å². The molecule has 3 aromatic heterocycles. The fourth-order valence-corrected chi connectivity index (χ4v) is 17.9. The van der Waals surface area contributed by atoms with Gasteiger partial charge in [-0.15, -0.1) is 0 Å². The van der Waals surface area contributed by atoms with E-state index in [4.69, 9.17) is 29.0 Å². The first-order valence-electron chi connectivity index (χ1n) is 34.8. The highest BCUT2D eigenvalue weighted by Crippen LogP contribution is 2.72.